The highest BCUT2D eigenvalue weighted by molar-refractivity contribution is 6.09. The van der Waals surface area contributed by atoms with Crippen LogP contribution in [0.4, 0.5) is 17.1 Å². The molecule has 2 heteroatoms. The van der Waals surface area contributed by atoms with E-state index in [0.717, 1.165) is 50.1 Å². The Balaban J connectivity index is 1.01. The van der Waals surface area contributed by atoms with E-state index < -0.39 is 5.41 Å². The van der Waals surface area contributed by atoms with Crippen LogP contribution in [0.5, 0.6) is 0 Å². The van der Waals surface area contributed by atoms with Gasteiger partial charge in [-0.3, -0.25) is 0 Å². The molecule has 72 heavy (non-hydrogen) atoms. The second-order valence-electron chi connectivity index (χ2n) is 20.3. The van der Waals surface area contributed by atoms with Gasteiger partial charge in [-0.25, -0.2) is 0 Å². The molecule has 0 bridgehead atoms. The van der Waals surface area contributed by atoms with Crippen molar-refractivity contribution in [3.8, 4) is 66.8 Å². The van der Waals surface area contributed by atoms with Crippen LogP contribution in [-0.2, 0) is 10.8 Å². The second kappa shape index (κ2) is 15.3. The highest BCUT2D eigenvalue weighted by Gasteiger charge is 2.50. The summed E-state index contributed by atoms with van der Waals surface area (Å²) in [6, 6.07) is 92.7. The number of anilines is 3. The van der Waals surface area contributed by atoms with Gasteiger partial charge in [0.25, 0.3) is 0 Å². The molecule has 12 aromatic rings. The fraction of sp³-hybridized carbons (Fsp3) is 0.0571. The average Bonchev–Trinajstić information content (AvgIpc) is 4.00. The summed E-state index contributed by atoms with van der Waals surface area (Å²) in [6.07, 6.45) is 0. The Labute approximate surface area is 419 Å². The van der Waals surface area contributed by atoms with Gasteiger partial charge in [0, 0.05) is 33.1 Å². The third-order valence-corrected chi connectivity index (χ3v) is 16.3. The number of hydrogen-bond acceptors (Lipinski definition) is 2. The summed E-state index contributed by atoms with van der Waals surface area (Å²) in [5, 5.41) is 2.27. The minimum atomic E-state index is -0.658. The minimum absolute atomic E-state index is 0.180. The van der Waals surface area contributed by atoms with Crippen LogP contribution < -0.4 is 4.90 Å². The van der Waals surface area contributed by atoms with Crippen LogP contribution in [-0.4, -0.2) is 0 Å². The van der Waals surface area contributed by atoms with Gasteiger partial charge in [-0.15, -0.1) is 0 Å². The van der Waals surface area contributed by atoms with Crippen LogP contribution in [0.1, 0.15) is 47.2 Å². The molecule has 1 unspecified atom stereocenters. The number of rotatable bonds is 5. The fourth-order valence-corrected chi connectivity index (χ4v) is 13.1. The molecule has 3 aliphatic rings. The SMILES string of the molecule is CC1(C)c2ccccc2-c2ccc(N(c3ccc4c(c3)-c3ccccc3-c3ccccc3C43c4ccccc4-c4cc5oc6ccccc6c5cc43)c3ccccc3-c3ccc(-c4ccccc4)cc3)cc21. The molecule has 0 N–H and O–H groups in total. The third kappa shape index (κ3) is 5.66. The molecule has 15 rings (SSSR count). The number of para-hydroxylation sites is 2. The van der Waals surface area contributed by atoms with Crippen LogP contribution in [0.25, 0.3) is 88.7 Å². The lowest BCUT2D eigenvalue weighted by atomic mass is 9.65. The minimum Gasteiger partial charge on any atom is -0.456 e. The van der Waals surface area contributed by atoms with E-state index in [2.05, 4.69) is 267 Å². The van der Waals surface area contributed by atoms with Crippen LogP contribution >= 0.6 is 0 Å². The van der Waals surface area contributed by atoms with Gasteiger partial charge in [0.15, 0.2) is 0 Å². The van der Waals surface area contributed by atoms with Crippen molar-refractivity contribution in [1.29, 1.82) is 0 Å². The molecule has 2 nitrogen and oxygen atoms in total. The van der Waals surface area contributed by atoms with Gasteiger partial charge in [-0.1, -0.05) is 214 Å². The molecule has 1 aromatic heterocycles. The predicted octanol–water partition coefficient (Wildman–Crippen LogP) is 18.7. The topological polar surface area (TPSA) is 16.4 Å². The Kier molecular flexibility index (Phi) is 8.66. The molecular formula is C70H47NO. The molecular weight excluding hydrogens is 871 g/mol. The molecule has 0 radical (unpaired) electrons. The Morgan fingerprint density at radius 2 is 0.792 bits per heavy atom. The molecule has 0 amide bonds. The lowest BCUT2D eigenvalue weighted by Gasteiger charge is -2.36. The standard InChI is InChI=1S/C70H47NO/c1-69(2)60-27-13-8-24-53(60)55-38-36-48(41-64(55)69)71(66-30-16-11-20-49(66)46-34-32-45(33-35-46)44-18-4-3-5-19-44)47-37-39-63-57(40-47)51-22-7-6-21-50(51)52-23-9-14-28-61(52)70(63)62-29-15-10-25-54(62)58-43-68-59(42-65(58)70)56-26-12-17-31-67(56)72-68/h3-43H,1-2H3. The van der Waals surface area contributed by atoms with E-state index in [0.29, 0.717) is 0 Å². The van der Waals surface area contributed by atoms with Crippen molar-refractivity contribution in [3.63, 3.8) is 0 Å². The normalized spacial score (nSPS) is 15.2. The molecule has 0 aliphatic heterocycles. The third-order valence-electron chi connectivity index (χ3n) is 16.3. The van der Waals surface area contributed by atoms with Gasteiger partial charge < -0.3 is 9.32 Å². The van der Waals surface area contributed by atoms with Crippen molar-refractivity contribution in [2.24, 2.45) is 0 Å². The largest absolute Gasteiger partial charge is 0.456 e. The zero-order valence-corrected chi connectivity index (χ0v) is 40.0. The number of fused-ring (bicyclic) bond motifs is 18. The second-order valence-corrected chi connectivity index (χ2v) is 20.3. The van der Waals surface area contributed by atoms with Crippen LogP contribution in [0.2, 0.25) is 0 Å². The van der Waals surface area contributed by atoms with Gasteiger partial charge in [0.2, 0.25) is 0 Å². The van der Waals surface area contributed by atoms with E-state index in [-0.39, 0.29) is 5.41 Å². The molecule has 11 aromatic carbocycles. The summed E-state index contributed by atoms with van der Waals surface area (Å²) in [5.74, 6) is 0. The maximum Gasteiger partial charge on any atom is 0.136 e. The highest BCUT2D eigenvalue weighted by atomic mass is 16.3. The zero-order valence-electron chi connectivity index (χ0n) is 40.0. The first kappa shape index (κ1) is 40.9. The van der Waals surface area contributed by atoms with Crippen molar-refractivity contribution < 1.29 is 4.42 Å². The van der Waals surface area contributed by atoms with Gasteiger partial charge in [0.1, 0.15) is 11.2 Å². The molecule has 0 saturated carbocycles. The van der Waals surface area contributed by atoms with E-state index in [1.165, 1.54) is 89.0 Å². The molecule has 0 fully saturated rings. The van der Waals surface area contributed by atoms with Crippen molar-refractivity contribution in [1.82, 2.24) is 0 Å². The first-order chi connectivity index (χ1) is 35.5. The maximum absolute atomic E-state index is 6.63. The van der Waals surface area contributed by atoms with Gasteiger partial charge in [-0.05, 0) is 143 Å². The Morgan fingerprint density at radius 3 is 1.54 bits per heavy atom. The summed E-state index contributed by atoms with van der Waals surface area (Å²) in [6.45, 7) is 4.75. The first-order valence-corrected chi connectivity index (χ1v) is 25.2. The van der Waals surface area contributed by atoms with Crippen molar-refractivity contribution >= 4 is 39.0 Å². The fourth-order valence-electron chi connectivity index (χ4n) is 13.1. The van der Waals surface area contributed by atoms with E-state index in [1.807, 2.05) is 0 Å². The van der Waals surface area contributed by atoms with Gasteiger partial charge in [0.05, 0.1) is 11.1 Å². The molecule has 1 spiro atoms. The van der Waals surface area contributed by atoms with E-state index in [9.17, 15) is 0 Å². The lowest BCUT2D eigenvalue weighted by molar-refractivity contribution is 0.660. The van der Waals surface area contributed by atoms with E-state index in [4.69, 9.17) is 4.42 Å². The van der Waals surface area contributed by atoms with E-state index >= 15 is 0 Å². The van der Waals surface area contributed by atoms with Crippen LogP contribution in [0.15, 0.2) is 253 Å². The van der Waals surface area contributed by atoms with Crippen molar-refractivity contribution in [2.45, 2.75) is 24.7 Å². The first-order valence-electron chi connectivity index (χ1n) is 25.2. The van der Waals surface area contributed by atoms with Gasteiger partial charge in [-0.2, -0.15) is 0 Å². The van der Waals surface area contributed by atoms with Crippen molar-refractivity contribution in [3.05, 3.63) is 282 Å². The number of benzene rings is 11. The molecule has 0 saturated heterocycles. The van der Waals surface area contributed by atoms with Crippen LogP contribution in [0, 0.1) is 0 Å². The summed E-state index contributed by atoms with van der Waals surface area (Å²) >= 11 is 0. The Bertz CT molecular complexity index is 4190. The summed E-state index contributed by atoms with van der Waals surface area (Å²) < 4.78 is 6.63. The predicted molar refractivity (Wildman–Crippen MR) is 299 cm³/mol. The smallest absolute Gasteiger partial charge is 0.136 e. The Morgan fingerprint density at radius 1 is 0.292 bits per heavy atom. The number of furan rings is 1. The summed E-state index contributed by atoms with van der Waals surface area (Å²) in [7, 11) is 0. The molecule has 1 heterocycles. The maximum atomic E-state index is 6.63. The molecule has 3 aliphatic carbocycles. The zero-order chi connectivity index (χ0) is 47.7. The molecule has 1 atom stereocenters. The summed E-state index contributed by atoms with van der Waals surface area (Å²) in [4.78, 5) is 2.52. The van der Waals surface area contributed by atoms with Gasteiger partial charge >= 0.3 is 0 Å². The monoisotopic (exact) mass is 917 g/mol. The Hall–Kier alpha value is -8.98. The van der Waals surface area contributed by atoms with E-state index in [1.54, 1.807) is 0 Å². The average molecular weight is 918 g/mol. The lowest BCUT2D eigenvalue weighted by Crippen LogP contribution is -2.29. The van der Waals surface area contributed by atoms with Crippen molar-refractivity contribution in [2.75, 3.05) is 4.90 Å². The molecule has 338 valence electrons. The quantitative estimate of drug-likeness (QED) is 0.171. The summed E-state index contributed by atoms with van der Waals surface area (Å²) in [5.41, 5.74) is 26.8. The van der Waals surface area contributed by atoms with Crippen LogP contribution in [0.3, 0.4) is 0 Å². The number of hydrogen-bond donors (Lipinski definition) is 0. The highest BCUT2D eigenvalue weighted by Crippen LogP contribution is 2.63. The number of nitrogens with zero attached hydrogens (tertiary/aromatic N) is 1.